The Morgan fingerprint density at radius 2 is 1.69 bits per heavy atom. The topological polar surface area (TPSA) is 82.3 Å². The molecule has 8 heteroatoms. The molecule has 1 aromatic heterocycles. The van der Waals surface area contributed by atoms with Gasteiger partial charge < -0.3 is 10.1 Å². The standard InChI is InChI=1S/C24H22ClN3O4/c1-14-18(23(30)32-13-15-9-5-4-6-10-15)19(16-11-7-8-12-17(16)25)20-21(26-14)27(2)24(31)28(3)22(20)29/h4-12,19,26H,13H2,1-3H3. The lowest BCUT2D eigenvalue weighted by Gasteiger charge is -2.31. The maximum Gasteiger partial charge on any atom is 0.337 e. The first-order valence-corrected chi connectivity index (χ1v) is 10.4. The molecular weight excluding hydrogens is 430 g/mol. The average Bonchev–Trinajstić information content (AvgIpc) is 2.80. The zero-order valence-electron chi connectivity index (χ0n) is 17.9. The maximum absolute atomic E-state index is 13.3. The normalized spacial score (nSPS) is 15.2. The lowest BCUT2D eigenvalue weighted by atomic mass is 9.82. The highest BCUT2D eigenvalue weighted by Gasteiger charge is 2.38. The second-order valence-corrected chi connectivity index (χ2v) is 8.06. The van der Waals surface area contributed by atoms with Crippen LogP contribution in [0.1, 0.15) is 29.5 Å². The summed E-state index contributed by atoms with van der Waals surface area (Å²) in [7, 11) is 2.98. The zero-order chi connectivity index (χ0) is 23.0. The van der Waals surface area contributed by atoms with Crippen molar-refractivity contribution in [2.24, 2.45) is 14.1 Å². The number of halogens is 1. The summed E-state index contributed by atoms with van der Waals surface area (Å²) in [6, 6.07) is 16.4. The average molecular weight is 452 g/mol. The Kier molecular flexibility index (Phi) is 5.76. The van der Waals surface area contributed by atoms with Crippen LogP contribution in [0.2, 0.25) is 5.02 Å². The van der Waals surface area contributed by atoms with Gasteiger partial charge in [0.2, 0.25) is 0 Å². The molecule has 2 aromatic carbocycles. The van der Waals surface area contributed by atoms with E-state index in [-0.39, 0.29) is 17.7 Å². The number of anilines is 1. The molecule has 4 rings (SSSR count). The number of carbonyl (C=O) groups excluding carboxylic acids is 1. The Labute approximate surface area is 189 Å². The number of nitrogens with one attached hydrogen (secondary N) is 1. The van der Waals surface area contributed by atoms with Crippen LogP contribution in [-0.4, -0.2) is 15.1 Å². The van der Waals surface area contributed by atoms with Crippen molar-refractivity contribution in [1.29, 1.82) is 0 Å². The molecule has 0 spiro atoms. The molecule has 1 unspecified atom stereocenters. The third kappa shape index (κ3) is 3.65. The van der Waals surface area contributed by atoms with E-state index in [4.69, 9.17) is 16.3 Å². The van der Waals surface area contributed by atoms with Crippen molar-refractivity contribution in [3.05, 3.63) is 108 Å². The number of benzene rings is 2. The van der Waals surface area contributed by atoms with Gasteiger partial charge in [-0.3, -0.25) is 13.9 Å². The fourth-order valence-corrected chi connectivity index (χ4v) is 4.22. The number of allylic oxidation sites excluding steroid dienone is 1. The summed E-state index contributed by atoms with van der Waals surface area (Å²) in [6.07, 6.45) is 0. The molecule has 0 saturated carbocycles. The van der Waals surface area contributed by atoms with E-state index in [1.807, 2.05) is 30.3 Å². The van der Waals surface area contributed by atoms with Gasteiger partial charge in [0, 0.05) is 24.8 Å². The molecule has 0 bridgehead atoms. The van der Waals surface area contributed by atoms with Crippen LogP contribution in [0.25, 0.3) is 0 Å². The number of nitrogens with zero attached hydrogens (tertiary/aromatic N) is 2. The molecule has 1 aliphatic rings. The molecule has 1 aliphatic heterocycles. The molecule has 1 atom stereocenters. The number of rotatable bonds is 4. The number of hydrogen-bond donors (Lipinski definition) is 1. The molecule has 32 heavy (non-hydrogen) atoms. The van der Waals surface area contributed by atoms with Crippen molar-refractivity contribution in [2.45, 2.75) is 19.4 Å². The molecule has 7 nitrogen and oxygen atoms in total. The molecule has 0 fully saturated rings. The fourth-order valence-electron chi connectivity index (χ4n) is 3.98. The molecule has 2 heterocycles. The summed E-state index contributed by atoms with van der Waals surface area (Å²) in [5.74, 6) is -1.03. The van der Waals surface area contributed by atoms with E-state index in [1.165, 1.54) is 11.6 Å². The maximum atomic E-state index is 13.3. The van der Waals surface area contributed by atoms with Crippen LogP contribution < -0.4 is 16.6 Å². The minimum atomic E-state index is -0.797. The summed E-state index contributed by atoms with van der Waals surface area (Å²) in [5, 5.41) is 3.48. The van der Waals surface area contributed by atoms with Gasteiger partial charge in [0.05, 0.1) is 17.1 Å². The summed E-state index contributed by atoms with van der Waals surface area (Å²) in [4.78, 5) is 39.0. The SMILES string of the molecule is CC1=C(C(=O)OCc2ccccc2)C(c2ccccc2Cl)c2c(n(C)c(=O)n(C)c2=O)N1. The Morgan fingerprint density at radius 3 is 2.38 bits per heavy atom. The Balaban J connectivity index is 1.88. The number of fused-ring (bicyclic) bond motifs is 1. The first-order valence-electron chi connectivity index (χ1n) is 10.0. The van der Waals surface area contributed by atoms with Gasteiger partial charge in [0.1, 0.15) is 12.4 Å². The highest BCUT2D eigenvalue weighted by atomic mass is 35.5. The van der Waals surface area contributed by atoms with Gasteiger partial charge in [-0.05, 0) is 24.1 Å². The summed E-state index contributed by atoms with van der Waals surface area (Å²) < 4.78 is 7.99. The minimum absolute atomic E-state index is 0.0871. The molecule has 1 N–H and O–H groups in total. The van der Waals surface area contributed by atoms with Crippen LogP contribution >= 0.6 is 11.6 Å². The van der Waals surface area contributed by atoms with Gasteiger partial charge in [-0.2, -0.15) is 0 Å². The van der Waals surface area contributed by atoms with E-state index < -0.39 is 23.1 Å². The minimum Gasteiger partial charge on any atom is -0.457 e. The first kappa shape index (κ1) is 21.6. The van der Waals surface area contributed by atoms with Crippen molar-refractivity contribution < 1.29 is 9.53 Å². The third-order valence-electron chi connectivity index (χ3n) is 5.64. The lowest BCUT2D eigenvalue weighted by Crippen LogP contribution is -2.43. The third-order valence-corrected chi connectivity index (χ3v) is 5.98. The van der Waals surface area contributed by atoms with Gasteiger partial charge in [-0.25, -0.2) is 9.59 Å². The number of aromatic nitrogens is 2. The predicted molar refractivity (Wildman–Crippen MR) is 123 cm³/mol. The van der Waals surface area contributed by atoms with E-state index in [0.717, 1.165) is 10.1 Å². The fraction of sp³-hybridized carbons (Fsp3) is 0.208. The molecule has 0 saturated heterocycles. The first-order chi connectivity index (χ1) is 15.3. The second-order valence-electron chi connectivity index (χ2n) is 7.65. The smallest absolute Gasteiger partial charge is 0.337 e. The second kappa shape index (κ2) is 8.51. The summed E-state index contributed by atoms with van der Waals surface area (Å²) in [6.45, 7) is 1.80. The molecule has 0 amide bonds. The summed E-state index contributed by atoms with van der Waals surface area (Å²) in [5.41, 5.74) is 1.49. The Hall–Kier alpha value is -3.58. The van der Waals surface area contributed by atoms with Crippen LogP contribution in [0.3, 0.4) is 0 Å². The molecule has 0 aliphatic carbocycles. The molecule has 3 aromatic rings. The largest absolute Gasteiger partial charge is 0.457 e. The van der Waals surface area contributed by atoms with Crippen molar-refractivity contribution in [2.75, 3.05) is 5.32 Å². The zero-order valence-corrected chi connectivity index (χ0v) is 18.6. The number of esters is 1. The lowest BCUT2D eigenvalue weighted by molar-refractivity contribution is -0.140. The summed E-state index contributed by atoms with van der Waals surface area (Å²) >= 11 is 6.51. The highest BCUT2D eigenvalue weighted by molar-refractivity contribution is 6.31. The Morgan fingerprint density at radius 1 is 1.03 bits per heavy atom. The highest BCUT2D eigenvalue weighted by Crippen LogP contribution is 2.42. The van der Waals surface area contributed by atoms with Crippen molar-refractivity contribution in [3.63, 3.8) is 0 Å². The van der Waals surface area contributed by atoms with Crippen molar-refractivity contribution in [3.8, 4) is 0 Å². The molecule has 164 valence electrons. The van der Waals surface area contributed by atoms with Gasteiger partial charge in [-0.1, -0.05) is 60.1 Å². The predicted octanol–water partition coefficient (Wildman–Crippen LogP) is 3.31. The van der Waals surface area contributed by atoms with Crippen LogP contribution in [0, 0.1) is 0 Å². The number of ether oxygens (including phenoxy) is 1. The van der Waals surface area contributed by atoms with Crippen LogP contribution in [0.4, 0.5) is 5.82 Å². The Bertz CT molecular complexity index is 1360. The van der Waals surface area contributed by atoms with E-state index in [0.29, 0.717) is 22.1 Å². The van der Waals surface area contributed by atoms with Gasteiger partial charge in [-0.15, -0.1) is 0 Å². The van der Waals surface area contributed by atoms with Crippen molar-refractivity contribution in [1.82, 2.24) is 9.13 Å². The number of hydrogen-bond acceptors (Lipinski definition) is 5. The number of carbonyl (C=O) groups is 1. The quantitative estimate of drug-likeness (QED) is 0.615. The van der Waals surface area contributed by atoms with Crippen LogP contribution in [0.5, 0.6) is 0 Å². The van der Waals surface area contributed by atoms with E-state index >= 15 is 0 Å². The van der Waals surface area contributed by atoms with Crippen molar-refractivity contribution >= 4 is 23.4 Å². The van der Waals surface area contributed by atoms with E-state index in [1.54, 1.807) is 38.2 Å². The van der Waals surface area contributed by atoms with E-state index in [9.17, 15) is 14.4 Å². The monoisotopic (exact) mass is 451 g/mol. The van der Waals surface area contributed by atoms with Crippen LogP contribution in [-0.2, 0) is 30.2 Å². The van der Waals surface area contributed by atoms with Crippen LogP contribution in [0.15, 0.2) is 75.5 Å². The van der Waals surface area contributed by atoms with Gasteiger partial charge in [0.15, 0.2) is 0 Å². The van der Waals surface area contributed by atoms with Gasteiger partial charge >= 0.3 is 11.7 Å². The van der Waals surface area contributed by atoms with Gasteiger partial charge in [0.25, 0.3) is 5.56 Å². The molecular formula is C24H22ClN3O4. The van der Waals surface area contributed by atoms with E-state index in [2.05, 4.69) is 5.32 Å². The molecule has 0 radical (unpaired) electrons.